The molecule has 3 unspecified atom stereocenters. The standard InChI is InChI=1S/C15H17Cl2F3O/c16-10-5-6-13(17)9(7-10)8-14(21)11-3-1-2-4-12(11)15(18,19)20/h5-7,11-12,14,21H,1-4,8H2. The predicted molar refractivity (Wildman–Crippen MR) is 77.7 cm³/mol. The number of hydrogen-bond acceptors (Lipinski definition) is 1. The molecule has 118 valence electrons. The Labute approximate surface area is 132 Å². The molecule has 0 radical (unpaired) electrons. The lowest BCUT2D eigenvalue weighted by Gasteiger charge is -2.36. The van der Waals surface area contributed by atoms with E-state index in [0.29, 0.717) is 28.5 Å². The summed E-state index contributed by atoms with van der Waals surface area (Å²) in [5, 5.41) is 11.1. The molecule has 6 heteroatoms. The second-order valence-corrected chi connectivity index (χ2v) is 6.45. The van der Waals surface area contributed by atoms with Crippen LogP contribution in [-0.4, -0.2) is 17.4 Å². The Kier molecular flexibility index (Phi) is 5.44. The molecule has 0 spiro atoms. The van der Waals surface area contributed by atoms with E-state index in [0.717, 1.165) is 6.42 Å². The van der Waals surface area contributed by atoms with Gasteiger partial charge >= 0.3 is 6.18 Å². The Morgan fingerprint density at radius 1 is 1.19 bits per heavy atom. The highest BCUT2D eigenvalue weighted by Gasteiger charge is 2.47. The summed E-state index contributed by atoms with van der Waals surface area (Å²) in [5.74, 6) is -2.20. The lowest BCUT2D eigenvalue weighted by molar-refractivity contribution is -0.206. The van der Waals surface area contributed by atoms with Crippen molar-refractivity contribution >= 4 is 23.2 Å². The molecule has 1 aromatic rings. The maximum Gasteiger partial charge on any atom is 0.392 e. The minimum atomic E-state index is -4.26. The van der Waals surface area contributed by atoms with Gasteiger partial charge in [0.25, 0.3) is 0 Å². The molecule has 0 heterocycles. The molecule has 2 rings (SSSR count). The summed E-state index contributed by atoms with van der Waals surface area (Å²) in [6.07, 6.45) is -3.46. The molecule has 0 amide bonds. The zero-order chi connectivity index (χ0) is 15.6. The molecule has 1 saturated carbocycles. The number of benzene rings is 1. The van der Waals surface area contributed by atoms with E-state index in [-0.39, 0.29) is 12.8 Å². The van der Waals surface area contributed by atoms with E-state index < -0.39 is 24.1 Å². The van der Waals surface area contributed by atoms with Gasteiger partial charge in [-0.1, -0.05) is 36.0 Å². The highest BCUT2D eigenvalue weighted by molar-refractivity contribution is 6.33. The Balaban J connectivity index is 2.14. The fourth-order valence-corrected chi connectivity index (χ4v) is 3.49. The van der Waals surface area contributed by atoms with E-state index in [1.807, 2.05) is 0 Å². The molecule has 0 aromatic heterocycles. The fraction of sp³-hybridized carbons (Fsp3) is 0.600. The molecule has 1 fully saturated rings. The molecule has 0 aliphatic heterocycles. The summed E-state index contributed by atoms with van der Waals surface area (Å²) in [4.78, 5) is 0. The number of aliphatic hydroxyl groups excluding tert-OH is 1. The van der Waals surface area contributed by atoms with Crippen molar-refractivity contribution in [3.63, 3.8) is 0 Å². The van der Waals surface area contributed by atoms with Crippen LogP contribution in [0.1, 0.15) is 31.2 Å². The van der Waals surface area contributed by atoms with Gasteiger partial charge in [-0.15, -0.1) is 0 Å². The number of hydrogen-bond donors (Lipinski definition) is 1. The Morgan fingerprint density at radius 2 is 1.86 bits per heavy atom. The lowest BCUT2D eigenvalue weighted by atomic mass is 9.74. The number of alkyl halides is 3. The van der Waals surface area contributed by atoms with E-state index in [2.05, 4.69) is 0 Å². The summed E-state index contributed by atoms with van der Waals surface area (Å²) in [5.41, 5.74) is 0.586. The molecule has 1 aliphatic rings. The minimum absolute atomic E-state index is 0.0918. The molecule has 21 heavy (non-hydrogen) atoms. The maximum absolute atomic E-state index is 13.1. The van der Waals surface area contributed by atoms with Crippen LogP contribution in [0, 0.1) is 11.8 Å². The minimum Gasteiger partial charge on any atom is -0.392 e. The highest BCUT2D eigenvalue weighted by Crippen LogP contribution is 2.43. The third-order valence-electron chi connectivity index (χ3n) is 4.17. The van der Waals surface area contributed by atoms with Gasteiger partial charge in [0.05, 0.1) is 12.0 Å². The molecule has 1 aliphatic carbocycles. The van der Waals surface area contributed by atoms with Crippen LogP contribution >= 0.6 is 23.2 Å². The van der Waals surface area contributed by atoms with Crippen LogP contribution in [0.4, 0.5) is 13.2 Å². The molecule has 0 bridgehead atoms. The van der Waals surface area contributed by atoms with Crippen molar-refractivity contribution in [2.75, 3.05) is 0 Å². The first-order valence-electron chi connectivity index (χ1n) is 6.97. The Hall–Kier alpha value is -0.450. The van der Waals surface area contributed by atoms with Crippen LogP contribution in [-0.2, 0) is 6.42 Å². The molecule has 1 aromatic carbocycles. The van der Waals surface area contributed by atoms with Crippen molar-refractivity contribution in [2.45, 2.75) is 44.4 Å². The van der Waals surface area contributed by atoms with E-state index in [4.69, 9.17) is 23.2 Å². The van der Waals surface area contributed by atoms with Crippen LogP contribution in [0.15, 0.2) is 18.2 Å². The second-order valence-electron chi connectivity index (χ2n) is 5.60. The van der Waals surface area contributed by atoms with Crippen LogP contribution in [0.2, 0.25) is 10.0 Å². The average Bonchev–Trinajstić information content (AvgIpc) is 2.42. The van der Waals surface area contributed by atoms with Gasteiger partial charge in [-0.05, 0) is 42.5 Å². The fourth-order valence-electron chi connectivity index (χ4n) is 3.10. The van der Waals surface area contributed by atoms with E-state index in [1.165, 1.54) is 0 Å². The lowest BCUT2D eigenvalue weighted by Crippen LogP contribution is -2.40. The highest BCUT2D eigenvalue weighted by atomic mass is 35.5. The van der Waals surface area contributed by atoms with Gasteiger partial charge in [-0.3, -0.25) is 0 Å². The van der Waals surface area contributed by atoms with Gasteiger partial charge in [-0.25, -0.2) is 0 Å². The number of aliphatic hydroxyl groups is 1. The topological polar surface area (TPSA) is 20.2 Å². The first-order chi connectivity index (χ1) is 9.79. The molecule has 3 atom stereocenters. The summed E-state index contributed by atoms with van der Waals surface area (Å²) < 4.78 is 39.2. The molecule has 0 saturated heterocycles. The Bertz CT molecular complexity index is 490. The number of rotatable bonds is 3. The first-order valence-corrected chi connectivity index (χ1v) is 7.73. The van der Waals surface area contributed by atoms with Crippen LogP contribution in [0.3, 0.4) is 0 Å². The van der Waals surface area contributed by atoms with Gasteiger partial charge in [0.2, 0.25) is 0 Å². The van der Waals surface area contributed by atoms with Crippen LogP contribution < -0.4 is 0 Å². The number of halogens is 5. The third kappa shape index (κ3) is 4.27. The van der Waals surface area contributed by atoms with Gasteiger partial charge < -0.3 is 5.11 Å². The summed E-state index contributed by atoms with van der Waals surface area (Å²) >= 11 is 11.9. The monoisotopic (exact) mass is 340 g/mol. The van der Waals surface area contributed by atoms with E-state index in [9.17, 15) is 18.3 Å². The zero-order valence-electron chi connectivity index (χ0n) is 11.3. The average molecular weight is 341 g/mol. The SMILES string of the molecule is OC(Cc1cc(Cl)ccc1Cl)C1CCCCC1C(F)(F)F. The smallest absolute Gasteiger partial charge is 0.392 e. The summed E-state index contributed by atoms with van der Waals surface area (Å²) in [6, 6.07) is 4.80. The largest absolute Gasteiger partial charge is 0.392 e. The van der Waals surface area contributed by atoms with Gasteiger partial charge in [-0.2, -0.15) is 13.2 Å². The summed E-state index contributed by atoms with van der Waals surface area (Å²) in [7, 11) is 0. The molecule has 1 N–H and O–H groups in total. The molecule has 1 nitrogen and oxygen atoms in total. The van der Waals surface area contributed by atoms with Crippen molar-refractivity contribution in [3.8, 4) is 0 Å². The summed E-state index contributed by atoms with van der Waals surface area (Å²) in [6.45, 7) is 0. The predicted octanol–water partition coefficient (Wildman–Crippen LogP) is 5.27. The maximum atomic E-state index is 13.1. The van der Waals surface area contributed by atoms with Gasteiger partial charge in [0, 0.05) is 16.5 Å². The van der Waals surface area contributed by atoms with Crippen molar-refractivity contribution in [1.29, 1.82) is 0 Å². The normalized spacial score (nSPS) is 24.9. The Morgan fingerprint density at radius 3 is 2.52 bits per heavy atom. The second kappa shape index (κ2) is 6.76. The first kappa shape index (κ1) is 16.9. The zero-order valence-corrected chi connectivity index (χ0v) is 12.8. The quantitative estimate of drug-likeness (QED) is 0.795. The van der Waals surface area contributed by atoms with Crippen molar-refractivity contribution in [3.05, 3.63) is 33.8 Å². The van der Waals surface area contributed by atoms with Crippen molar-refractivity contribution in [1.82, 2.24) is 0 Å². The van der Waals surface area contributed by atoms with E-state index >= 15 is 0 Å². The van der Waals surface area contributed by atoms with Gasteiger partial charge in [0.1, 0.15) is 0 Å². The third-order valence-corrected chi connectivity index (χ3v) is 4.77. The van der Waals surface area contributed by atoms with Crippen molar-refractivity contribution in [2.24, 2.45) is 11.8 Å². The van der Waals surface area contributed by atoms with Crippen LogP contribution in [0.5, 0.6) is 0 Å². The molecular formula is C15H17Cl2F3O. The van der Waals surface area contributed by atoms with Gasteiger partial charge in [0.15, 0.2) is 0 Å². The van der Waals surface area contributed by atoms with E-state index in [1.54, 1.807) is 18.2 Å². The molecular weight excluding hydrogens is 324 g/mol. The van der Waals surface area contributed by atoms with Crippen LogP contribution in [0.25, 0.3) is 0 Å². The van der Waals surface area contributed by atoms with Crippen molar-refractivity contribution < 1.29 is 18.3 Å².